The van der Waals surface area contributed by atoms with Crippen LogP contribution in [0.4, 0.5) is 0 Å². The first-order chi connectivity index (χ1) is 15.0. The zero-order valence-electron chi connectivity index (χ0n) is 18.2. The van der Waals surface area contributed by atoms with E-state index in [1.807, 2.05) is 39.9 Å². The van der Waals surface area contributed by atoms with Gasteiger partial charge in [0.25, 0.3) is 0 Å². The van der Waals surface area contributed by atoms with Gasteiger partial charge in [0.05, 0.1) is 14.2 Å². The maximum Gasteiger partial charge on any atom is 0.246 e. The lowest BCUT2D eigenvalue weighted by Gasteiger charge is -2.39. The Morgan fingerprint density at radius 1 is 1.16 bits per heavy atom. The number of carbonyl (C=O) groups is 1. The van der Waals surface area contributed by atoms with Gasteiger partial charge in [-0.05, 0) is 77.4 Å². The summed E-state index contributed by atoms with van der Waals surface area (Å²) in [4.78, 5) is 17.0. The zero-order chi connectivity index (χ0) is 21.8. The predicted molar refractivity (Wildman–Crippen MR) is 123 cm³/mol. The lowest BCUT2D eigenvalue weighted by atomic mass is 9.78. The summed E-state index contributed by atoms with van der Waals surface area (Å²) in [6, 6.07) is 5.78. The summed E-state index contributed by atoms with van der Waals surface area (Å²) in [6.45, 7) is 4.51. The molecule has 3 heterocycles. The van der Waals surface area contributed by atoms with E-state index in [1.54, 1.807) is 31.6 Å². The monoisotopic (exact) mass is 442 g/mol. The van der Waals surface area contributed by atoms with Crippen molar-refractivity contribution in [2.24, 2.45) is 5.41 Å². The first-order valence-corrected chi connectivity index (χ1v) is 11.6. The second-order valence-electron chi connectivity index (χ2n) is 8.52. The number of nitrogens with zero attached hydrogens (tertiary/aromatic N) is 2. The third kappa shape index (κ3) is 4.88. The van der Waals surface area contributed by atoms with E-state index in [2.05, 4.69) is 4.90 Å². The summed E-state index contributed by atoms with van der Waals surface area (Å²) in [6.07, 6.45) is 6.85. The molecule has 4 rings (SSSR count). The fraction of sp³-hybridized carbons (Fsp3) is 0.458. The molecule has 1 spiro atoms. The number of carbonyl (C=O) groups excluding carboxylic acids is 1. The summed E-state index contributed by atoms with van der Waals surface area (Å²) < 4.78 is 10.6. The van der Waals surface area contributed by atoms with Gasteiger partial charge in [-0.15, -0.1) is 0 Å². The summed E-state index contributed by atoms with van der Waals surface area (Å²) in [5.41, 5.74) is 2.44. The van der Waals surface area contributed by atoms with Crippen molar-refractivity contribution in [1.29, 1.82) is 0 Å². The molecule has 2 saturated heterocycles. The van der Waals surface area contributed by atoms with Gasteiger partial charge in [0, 0.05) is 32.3 Å². The number of piperidine rings is 1. The molecule has 0 atom stereocenters. The highest BCUT2D eigenvalue weighted by atomic mass is 32.1. The maximum absolute atomic E-state index is 12.5. The zero-order valence-corrected chi connectivity index (χ0v) is 19.0. The first kappa shape index (κ1) is 21.7. The Hall–Kier alpha value is -2.51. The fourth-order valence-electron chi connectivity index (χ4n) is 4.71. The number of phenolic OH excluding ortho intramolecular Hbond substituents is 1. The Bertz CT molecular complexity index is 908. The molecule has 1 aromatic heterocycles. The van der Waals surface area contributed by atoms with Gasteiger partial charge in [0.1, 0.15) is 0 Å². The van der Waals surface area contributed by atoms with Gasteiger partial charge >= 0.3 is 0 Å². The van der Waals surface area contributed by atoms with Gasteiger partial charge in [-0.2, -0.15) is 11.3 Å². The van der Waals surface area contributed by atoms with E-state index in [0.29, 0.717) is 16.9 Å². The van der Waals surface area contributed by atoms with E-state index in [1.165, 1.54) is 0 Å². The van der Waals surface area contributed by atoms with Crippen LogP contribution >= 0.6 is 11.3 Å². The molecule has 2 aliphatic heterocycles. The number of amides is 1. The van der Waals surface area contributed by atoms with Gasteiger partial charge in [0.2, 0.25) is 11.7 Å². The Kier molecular flexibility index (Phi) is 6.53. The van der Waals surface area contributed by atoms with Crippen molar-refractivity contribution in [2.45, 2.75) is 25.8 Å². The van der Waals surface area contributed by atoms with Crippen LogP contribution in [-0.4, -0.2) is 61.2 Å². The molecule has 1 amide bonds. The lowest BCUT2D eigenvalue weighted by Crippen LogP contribution is -2.43. The third-order valence-electron chi connectivity index (χ3n) is 6.56. The number of rotatable bonds is 6. The normalized spacial score (nSPS) is 18.7. The van der Waals surface area contributed by atoms with E-state index in [4.69, 9.17) is 9.47 Å². The van der Waals surface area contributed by atoms with Gasteiger partial charge in [-0.1, -0.05) is 0 Å². The minimum atomic E-state index is 0.0386. The highest BCUT2D eigenvalue weighted by Gasteiger charge is 2.41. The molecule has 166 valence electrons. The number of methoxy groups -OCH3 is 2. The minimum Gasteiger partial charge on any atom is -0.502 e. The van der Waals surface area contributed by atoms with Crippen LogP contribution in [-0.2, 0) is 11.3 Å². The van der Waals surface area contributed by atoms with Crippen LogP contribution in [0.3, 0.4) is 0 Å². The Morgan fingerprint density at radius 2 is 1.84 bits per heavy atom. The van der Waals surface area contributed by atoms with Crippen molar-refractivity contribution in [3.8, 4) is 17.2 Å². The SMILES string of the molecule is COc1cc(CN2CCC3(CCN(C(=O)/C=C/c4ccsc4)CC3)C2)cc(OC)c1O. The Balaban J connectivity index is 1.33. The van der Waals surface area contributed by atoms with Crippen molar-refractivity contribution >= 4 is 23.3 Å². The van der Waals surface area contributed by atoms with Crippen molar-refractivity contribution < 1.29 is 19.4 Å². The molecule has 0 saturated carbocycles. The van der Waals surface area contributed by atoms with Crippen LogP contribution < -0.4 is 9.47 Å². The number of hydrogen-bond acceptors (Lipinski definition) is 6. The standard InChI is InChI=1S/C24H30N2O4S/c1-29-20-13-19(14-21(30-2)23(20)28)15-25-9-6-24(17-25)7-10-26(11-8-24)22(27)4-3-18-5-12-31-16-18/h3-5,12-14,16,28H,6-11,15,17H2,1-2H3/b4-3+. The van der Waals surface area contributed by atoms with Crippen LogP contribution in [0.1, 0.15) is 30.4 Å². The molecule has 31 heavy (non-hydrogen) atoms. The fourth-order valence-corrected chi connectivity index (χ4v) is 5.34. The van der Waals surface area contributed by atoms with Crippen LogP contribution in [0.2, 0.25) is 0 Å². The highest BCUT2D eigenvalue weighted by molar-refractivity contribution is 7.08. The smallest absolute Gasteiger partial charge is 0.246 e. The minimum absolute atomic E-state index is 0.0386. The van der Waals surface area contributed by atoms with Gasteiger partial charge < -0.3 is 19.5 Å². The molecule has 0 unspecified atom stereocenters. The Morgan fingerprint density at radius 3 is 2.45 bits per heavy atom. The van der Waals surface area contributed by atoms with Gasteiger partial charge in [-0.25, -0.2) is 0 Å². The predicted octanol–water partition coefficient (Wildman–Crippen LogP) is 4.00. The van der Waals surface area contributed by atoms with Crippen LogP contribution in [0.25, 0.3) is 6.08 Å². The molecule has 0 aliphatic carbocycles. The largest absolute Gasteiger partial charge is 0.502 e. The molecule has 7 heteroatoms. The van der Waals surface area contributed by atoms with Crippen molar-refractivity contribution in [1.82, 2.24) is 9.80 Å². The number of benzene rings is 1. The summed E-state index contributed by atoms with van der Waals surface area (Å²) in [7, 11) is 3.10. The molecule has 0 bridgehead atoms. The molecular weight excluding hydrogens is 412 g/mol. The van der Waals surface area contributed by atoms with Gasteiger partial charge in [0.15, 0.2) is 11.5 Å². The average Bonchev–Trinajstić information content (AvgIpc) is 3.44. The molecule has 6 nitrogen and oxygen atoms in total. The molecule has 1 N–H and O–H groups in total. The number of phenols is 1. The van der Waals surface area contributed by atoms with Crippen molar-refractivity contribution in [3.63, 3.8) is 0 Å². The summed E-state index contributed by atoms with van der Waals surface area (Å²) in [5, 5.41) is 14.2. The molecule has 2 aliphatic rings. The van der Waals surface area contributed by atoms with E-state index >= 15 is 0 Å². The first-order valence-electron chi connectivity index (χ1n) is 10.7. The van der Waals surface area contributed by atoms with Gasteiger partial charge in [-0.3, -0.25) is 9.69 Å². The van der Waals surface area contributed by atoms with E-state index in [-0.39, 0.29) is 11.7 Å². The maximum atomic E-state index is 12.5. The molecule has 2 fully saturated rings. The lowest BCUT2D eigenvalue weighted by molar-refractivity contribution is -0.128. The molecule has 1 aromatic carbocycles. The number of aromatic hydroxyl groups is 1. The van der Waals surface area contributed by atoms with E-state index in [9.17, 15) is 9.90 Å². The second-order valence-corrected chi connectivity index (χ2v) is 9.30. The highest BCUT2D eigenvalue weighted by Crippen LogP contribution is 2.42. The number of likely N-dealkylation sites (tertiary alicyclic amines) is 2. The van der Waals surface area contributed by atoms with Crippen LogP contribution in [0, 0.1) is 5.41 Å². The number of ether oxygens (including phenoxy) is 2. The quantitative estimate of drug-likeness (QED) is 0.685. The van der Waals surface area contributed by atoms with E-state index in [0.717, 1.165) is 63.1 Å². The third-order valence-corrected chi connectivity index (χ3v) is 7.26. The number of thiophene rings is 1. The average molecular weight is 443 g/mol. The van der Waals surface area contributed by atoms with E-state index < -0.39 is 0 Å². The molecule has 2 aromatic rings. The van der Waals surface area contributed by atoms with Crippen LogP contribution in [0.5, 0.6) is 17.2 Å². The summed E-state index contributed by atoms with van der Waals surface area (Å²) in [5.74, 6) is 1.02. The molecular formula is C24H30N2O4S. The van der Waals surface area contributed by atoms with Crippen molar-refractivity contribution in [2.75, 3.05) is 40.4 Å². The molecule has 0 radical (unpaired) electrons. The Labute approximate surface area is 187 Å². The topological polar surface area (TPSA) is 62.2 Å². The summed E-state index contributed by atoms with van der Waals surface area (Å²) >= 11 is 1.64. The van der Waals surface area contributed by atoms with Crippen molar-refractivity contribution in [3.05, 3.63) is 46.2 Å². The second kappa shape index (κ2) is 9.32. The number of hydrogen-bond donors (Lipinski definition) is 1. The van der Waals surface area contributed by atoms with Crippen LogP contribution in [0.15, 0.2) is 35.0 Å².